The molecule has 1 aliphatic heterocycles. The zero-order chi connectivity index (χ0) is 20.4. The lowest BCUT2D eigenvalue weighted by Gasteiger charge is -2.18. The Balaban J connectivity index is 1.78. The maximum absolute atomic E-state index is 11.7. The van der Waals surface area contributed by atoms with Crippen molar-refractivity contribution in [2.45, 2.75) is 19.9 Å². The third kappa shape index (κ3) is 4.49. The van der Waals surface area contributed by atoms with Gasteiger partial charge in [0.05, 0.1) is 17.6 Å². The molecule has 29 heavy (non-hydrogen) atoms. The molecular weight excluding hydrogens is 452 g/mol. The normalized spacial score (nSPS) is 14.2. The minimum absolute atomic E-state index is 0.0414. The highest BCUT2D eigenvalue weighted by Gasteiger charge is 2.17. The Labute approximate surface area is 180 Å². The molecule has 0 fully saturated rings. The van der Waals surface area contributed by atoms with Gasteiger partial charge in [-0.15, -0.1) is 11.3 Å². The van der Waals surface area contributed by atoms with Crippen LogP contribution < -0.4 is 14.9 Å². The number of anilines is 1. The van der Waals surface area contributed by atoms with E-state index in [1.807, 2.05) is 72.6 Å². The van der Waals surface area contributed by atoms with Crippen LogP contribution in [0.5, 0.6) is 5.75 Å². The molecule has 3 aromatic rings. The fourth-order valence-corrected chi connectivity index (χ4v) is 4.07. The van der Waals surface area contributed by atoms with Crippen molar-refractivity contribution in [3.63, 3.8) is 0 Å². The van der Waals surface area contributed by atoms with Gasteiger partial charge in [0.25, 0.3) is 5.91 Å². The zero-order valence-electron chi connectivity index (χ0n) is 15.9. The maximum Gasteiger partial charge on any atom is 0.262 e. The fourth-order valence-electron chi connectivity index (χ4n) is 2.84. The van der Waals surface area contributed by atoms with E-state index >= 15 is 0 Å². The molecule has 1 aromatic heterocycles. The summed E-state index contributed by atoms with van der Waals surface area (Å²) in [4.78, 5) is 17.2. The number of nitrogens with one attached hydrogen (secondary N) is 1. The van der Waals surface area contributed by atoms with Crippen molar-refractivity contribution in [1.29, 1.82) is 0 Å². The molecule has 2 heterocycles. The Hall–Kier alpha value is -2.71. The molecule has 0 aliphatic carbocycles. The van der Waals surface area contributed by atoms with Crippen LogP contribution in [0, 0.1) is 0 Å². The predicted molar refractivity (Wildman–Crippen MR) is 120 cm³/mol. The molecule has 4 rings (SSSR count). The predicted octanol–water partition coefficient (Wildman–Crippen LogP) is 4.50. The minimum atomic E-state index is -0.156. The number of carbonyl (C=O) groups excluding carboxylic acids is 1. The number of ether oxygens (including phenoxy) is 1. The summed E-state index contributed by atoms with van der Waals surface area (Å²) in [5.41, 5.74) is 3.46. The molecule has 1 N–H and O–H groups in total. The molecule has 6 nitrogen and oxygen atoms in total. The summed E-state index contributed by atoms with van der Waals surface area (Å²) in [7, 11) is 0. The van der Waals surface area contributed by atoms with Gasteiger partial charge in [0.2, 0.25) is 4.80 Å². The SMILES string of the molecule is CC(C)N=c1scc(-c2ccc3c(c2)NC(=O)CO3)n1N=Cc1ccc(Br)cc1. The van der Waals surface area contributed by atoms with E-state index in [0.29, 0.717) is 11.4 Å². The van der Waals surface area contributed by atoms with E-state index in [0.717, 1.165) is 26.1 Å². The van der Waals surface area contributed by atoms with Crippen molar-refractivity contribution < 1.29 is 9.53 Å². The summed E-state index contributed by atoms with van der Waals surface area (Å²) in [6.07, 6.45) is 1.81. The summed E-state index contributed by atoms with van der Waals surface area (Å²) >= 11 is 4.98. The molecule has 0 atom stereocenters. The molecule has 8 heteroatoms. The number of aromatic nitrogens is 1. The molecule has 1 amide bonds. The van der Waals surface area contributed by atoms with Crippen LogP contribution in [0.4, 0.5) is 5.69 Å². The number of thiazole rings is 1. The lowest BCUT2D eigenvalue weighted by atomic mass is 10.1. The Kier molecular flexibility index (Phi) is 5.64. The molecule has 0 saturated carbocycles. The molecule has 2 aromatic carbocycles. The number of amides is 1. The van der Waals surface area contributed by atoms with E-state index in [1.54, 1.807) is 0 Å². The van der Waals surface area contributed by atoms with Crippen molar-refractivity contribution in [2.24, 2.45) is 10.1 Å². The smallest absolute Gasteiger partial charge is 0.262 e. The lowest BCUT2D eigenvalue weighted by Crippen LogP contribution is -2.25. The number of hydrogen-bond donors (Lipinski definition) is 1. The molecular formula is C21H19BrN4O2S. The average molecular weight is 471 g/mol. The third-order valence-electron chi connectivity index (χ3n) is 4.15. The number of rotatable bonds is 4. The van der Waals surface area contributed by atoms with Crippen LogP contribution in [-0.2, 0) is 4.79 Å². The number of hydrogen-bond acceptors (Lipinski definition) is 5. The summed E-state index contributed by atoms with van der Waals surface area (Å²) < 4.78 is 8.32. The quantitative estimate of drug-likeness (QED) is 0.570. The topological polar surface area (TPSA) is 68.0 Å². The molecule has 0 bridgehead atoms. The van der Waals surface area contributed by atoms with Crippen LogP contribution in [0.1, 0.15) is 19.4 Å². The first-order chi connectivity index (χ1) is 14.0. The largest absolute Gasteiger partial charge is 0.482 e. The van der Waals surface area contributed by atoms with Crippen LogP contribution in [0.3, 0.4) is 0 Å². The van der Waals surface area contributed by atoms with Gasteiger partial charge in [0, 0.05) is 21.5 Å². The molecule has 0 saturated heterocycles. The summed E-state index contributed by atoms with van der Waals surface area (Å²) in [5, 5.41) is 9.57. The standard InChI is InChI=1S/C21H19BrN4O2S/c1-13(2)24-21-26(23-10-14-3-6-16(22)7-4-14)18(12-29-21)15-5-8-19-17(9-15)25-20(27)11-28-19/h3-10,12-13H,11H2,1-2H3,(H,25,27). The monoisotopic (exact) mass is 470 g/mol. The Bertz CT molecular complexity index is 1150. The number of benzene rings is 2. The number of halogens is 1. The van der Waals surface area contributed by atoms with Crippen LogP contribution in [0.25, 0.3) is 11.3 Å². The van der Waals surface area contributed by atoms with Crippen molar-refractivity contribution in [3.8, 4) is 17.0 Å². The highest BCUT2D eigenvalue weighted by Crippen LogP contribution is 2.32. The van der Waals surface area contributed by atoms with Gasteiger partial charge in [-0.3, -0.25) is 9.79 Å². The first-order valence-electron chi connectivity index (χ1n) is 9.11. The minimum Gasteiger partial charge on any atom is -0.482 e. The van der Waals surface area contributed by atoms with Crippen LogP contribution in [-0.4, -0.2) is 29.4 Å². The number of carbonyl (C=O) groups is 1. The molecule has 0 spiro atoms. The van der Waals surface area contributed by atoms with Gasteiger partial charge >= 0.3 is 0 Å². The van der Waals surface area contributed by atoms with Crippen molar-refractivity contribution in [1.82, 2.24) is 4.68 Å². The van der Waals surface area contributed by atoms with Crippen LogP contribution in [0.15, 0.2) is 62.4 Å². The maximum atomic E-state index is 11.7. The van der Waals surface area contributed by atoms with E-state index in [1.165, 1.54) is 11.3 Å². The van der Waals surface area contributed by atoms with E-state index < -0.39 is 0 Å². The van der Waals surface area contributed by atoms with Crippen LogP contribution in [0.2, 0.25) is 0 Å². The fraction of sp³-hybridized carbons (Fsp3) is 0.190. The highest BCUT2D eigenvalue weighted by atomic mass is 79.9. The summed E-state index contributed by atoms with van der Waals surface area (Å²) in [6.45, 7) is 4.11. The van der Waals surface area contributed by atoms with Crippen LogP contribution >= 0.6 is 27.3 Å². The Morgan fingerprint density at radius 2 is 2.03 bits per heavy atom. The molecule has 1 aliphatic rings. The van der Waals surface area contributed by atoms with E-state index in [4.69, 9.17) is 14.8 Å². The second-order valence-electron chi connectivity index (χ2n) is 6.78. The van der Waals surface area contributed by atoms with E-state index in [9.17, 15) is 4.79 Å². The lowest BCUT2D eigenvalue weighted by molar-refractivity contribution is -0.118. The summed E-state index contributed by atoms with van der Waals surface area (Å²) in [5.74, 6) is 0.511. The first kappa shape index (κ1) is 19.6. The van der Waals surface area contributed by atoms with Gasteiger partial charge in [-0.05, 0) is 49.7 Å². The van der Waals surface area contributed by atoms with E-state index in [-0.39, 0.29) is 18.6 Å². The van der Waals surface area contributed by atoms with Crippen molar-refractivity contribution >= 4 is 45.1 Å². The van der Waals surface area contributed by atoms with Gasteiger partial charge < -0.3 is 10.1 Å². The number of nitrogens with zero attached hydrogens (tertiary/aromatic N) is 3. The number of fused-ring (bicyclic) bond motifs is 1. The van der Waals surface area contributed by atoms with E-state index in [2.05, 4.69) is 21.2 Å². The Morgan fingerprint density at radius 1 is 1.24 bits per heavy atom. The second-order valence-corrected chi connectivity index (χ2v) is 8.53. The molecule has 0 radical (unpaired) electrons. The van der Waals surface area contributed by atoms with Crippen molar-refractivity contribution in [3.05, 3.63) is 62.7 Å². The average Bonchev–Trinajstić information content (AvgIpc) is 3.08. The van der Waals surface area contributed by atoms with Gasteiger partial charge in [0.15, 0.2) is 6.61 Å². The van der Waals surface area contributed by atoms with Gasteiger partial charge in [0.1, 0.15) is 5.75 Å². The van der Waals surface area contributed by atoms with Gasteiger partial charge in [-0.1, -0.05) is 28.1 Å². The zero-order valence-corrected chi connectivity index (χ0v) is 18.3. The summed E-state index contributed by atoms with van der Waals surface area (Å²) in [6, 6.07) is 13.8. The second kappa shape index (κ2) is 8.34. The highest BCUT2D eigenvalue weighted by molar-refractivity contribution is 9.10. The molecule has 0 unspecified atom stereocenters. The Morgan fingerprint density at radius 3 is 2.79 bits per heavy atom. The molecule has 148 valence electrons. The van der Waals surface area contributed by atoms with Crippen molar-refractivity contribution in [2.75, 3.05) is 11.9 Å². The van der Waals surface area contributed by atoms with Gasteiger partial charge in [-0.2, -0.15) is 5.10 Å². The first-order valence-corrected chi connectivity index (χ1v) is 10.8. The van der Waals surface area contributed by atoms with Gasteiger partial charge in [-0.25, -0.2) is 4.68 Å². The third-order valence-corrected chi connectivity index (χ3v) is 5.51.